The Morgan fingerprint density at radius 1 is 0.929 bits per heavy atom. The smallest absolute Gasteiger partial charge is 0.257 e. The van der Waals surface area contributed by atoms with E-state index in [0.717, 1.165) is 22.9 Å². The quantitative estimate of drug-likeness (QED) is 0.654. The van der Waals surface area contributed by atoms with Crippen LogP contribution in [0.5, 0.6) is 23.0 Å². The molecule has 8 nitrogen and oxygen atoms in total. The summed E-state index contributed by atoms with van der Waals surface area (Å²) in [5.74, 6) is 2.81. The monoisotopic (exact) mass is 398 g/mol. The van der Waals surface area contributed by atoms with Gasteiger partial charge in [-0.25, -0.2) is 4.98 Å². The van der Waals surface area contributed by atoms with Gasteiger partial charge < -0.3 is 29.1 Å². The summed E-state index contributed by atoms with van der Waals surface area (Å²) >= 11 is 1.14. The second-order valence-electron chi connectivity index (χ2n) is 6.05. The Hall–Kier alpha value is -3.33. The van der Waals surface area contributed by atoms with Gasteiger partial charge in [-0.1, -0.05) is 11.8 Å². The van der Waals surface area contributed by atoms with Crippen LogP contribution < -0.4 is 24.7 Å². The molecule has 0 unspecified atom stereocenters. The highest BCUT2D eigenvalue weighted by Crippen LogP contribution is 2.43. The van der Waals surface area contributed by atoms with E-state index in [9.17, 15) is 4.79 Å². The molecule has 0 aliphatic carbocycles. The maximum atomic E-state index is 11.1. The summed E-state index contributed by atoms with van der Waals surface area (Å²) in [6.45, 7) is 0.371. The van der Waals surface area contributed by atoms with Crippen LogP contribution >= 0.6 is 11.8 Å². The van der Waals surface area contributed by atoms with E-state index < -0.39 is 5.91 Å². The Morgan fingerprint density at radius 2 is 1.54 bits per heavy atom. The number of rotatable bonds is 5. The summed E-state index contributed by atoms with van der Waals surface area (Å²) in [7, 11) is 0. The molecule has 2 aromatic carbocycles. The van der Waals surface area contributed by atoms with Crippen LogP contribution in [-0.4, -0.2) is 30.2 Å². The van der Waals surface area contributed by atoms with Crippen molar-refractivity contribution in [3.63, 3.8) is 0 Å². The number of amides is 1. The van der Waals surface area contributed by atoms with Gasteiger partial charge in [0, 0.05) is 11.1 Å². The second-order valence-corrected chi connectivity index (χ2v) is 6.98. The predicted molar refractivity (Wildman–Crippen MR) is 99.5 cm³/mol. The van der Waals surface area contributed by atoms with Gasteiger partial charge in [-0.2, -0.15) is 0 Å². The molecule has 0 saturated carbocycles. The minimum atomic E-state index is -0.447. The number of fused-ring (bicyclic) bond motifs is 2. The topological polar surface area (TPSA) is 106 Å². The Labute approximate surface area is 163 Å². The van der Waals surface area contributed by atoms with Crippen molar-refractivity contribution in [1.29, 1.82) is 0 Å². The maximum Gasteiger partial charge on any atom is 0.257 e. The van der Waals surface area contributed by atoms with Crippen LogP contribution in [0.4, 0.5) is 0 Å². The summed E-state index contributed by atoms with van der Waals surface area (Å²) in [5, 5.41) is 0.346. The van der Waals surface area contributed by atoms with Crippen molar-refractivity contribution in [1.82, 2.24) is 4.98 Å². The van der Waals surface area contributed by atoms with Gasteiger partial charge in [0.2, 0.25) is 19.5 Å². The second kappa shape index (κ2) is 6.68. The minimum Gasteiger partial charge on any atom is -0.454 e. The number of thioether (sulfide) groups is 1. The first kappa shape index (κ1) is 16.8. The first-order valence-electron chi connectivity index (χ1n) is 8.39. The largest absolute Gasteiger partial charge is 0.454 e. The van der Waals surface area contributed by atoms with E-state index in [4.69, 9.17) is 29.1 Å². The highest BCUT2D eigenvalue weighted by Gasteiger charge is 2.23. The fourth-order valence-corrected chi connectivity index (χ4v) is 3.53. The van der Waals surface area contributed by atoms with Crippen LogP contribution in [0.25, 0.3) is 22.6 Å². The highest BCUT2D eigenvalue weighted by atomic mass is 32.2. The molecule has 9 heteroatoms. The number of primary amides is 1. The van der Waals surface area contributed by atoms with E-state index in [1.54, 1.807) is 0 Å². The van der Waals surface area contributed by atoms with Gasteiger partial charge in [-0.15, -0.1) is 0 Å². The van der Waals surface area contributed by atoms with E-state index in [2.05, 4.69) is 4.98 Å². The van der Waals surface area contributed by atoms with Crippen LogP contribution in [0.1, 0.15) is 0 Å². The van der Waals surface area contributed by atoms with E-state index in [-0.39, 0.29) is 19.3 Å². The van der Waals surface area contributed by atoms with Crippen molar-refractivity contribution >= 4 is 17.7 Å². The lowest BCUT2D eigenvalue weighted by Crippen LogP contribution is -2.12. The van der Waals surface area contributed by atoms with Crippen LogP contribution in [0.15, 0.2) is 46.0 Å². The van der Waals surface area contributed by atoms with Crippen molar-refractivity contribution in [2.24, 2.45) is 5.73 Å². The van der Waals surface area contributed by atoms with Crippen LogP contribution in [0.3, 0.4) is 0 Å². The lowest BCUT2D eigenvalue weighted by molar-refractivity contribution is -0.115. The van der Waals surface area contributed by atoms with E-state index >= 15 is 0 Å². The van der Waals surface area contributed by atoms with Crippen molar-refractivity contribution in [3.8, 4) is 45.6 Å². The first-order chi connectivity index (χ1) is 13.7. The molecule has 142 valence electrons. The lowest BCUT2D eigenvalue weighted by atomic mass is 10.0. The number of benzene rings is 2. The molecule has 3 aromatic rings. The number of oxazole rings is 1. The van der Waals surface area contributed by atoms with Gasteiger partial charge in [0.1, 0.15) is 5.69 Å². The summed E-state index contributed by atoms with van der Waals surface area (Å²) in [6, 6.07) is 11.1. The van der Waals surface area contributed by atoms with Crippen LogP contribution in [0.2, 0.25) is 0 Å². The Kier molecular flexibility index (Phi) is 4.01. The summed E-state index contributed by atoms with van der Waals surface area (Å²) in [4.78, 5) is 15.7. The lowest BCUT2D eigenvalue weighted by Gasteiger charge is -2.04. The van der Waals surface area contributed by atoms with Gasteiger partial charge in [0.25, 0.3) is 5.22 Å². The number of ether oxygens (including phenoxy) is 4. The molecular formula is C19H14N2O6S. The molecular weight excluding hydrogens is 384 g/mol. The first-order valence-corrected chi connectivity index (χ1v) is 9.38. The van der Waals surface area contributed by atoms with E-state index in [1.807, 2.05) is 36.4 Å². The fraction of sp³-hybridized carbons (Fsp3) is 0.158. The molecule has 2 aliphatic heterocycles. The number of nitrogens with zero attached hydrogens (tertiary/aromatic N) is 1. The summed E-state index contributed by atoms with van der Waals surface area (Å²) < 4.78 is 27.6. The zero-order valence-electron chi connectivity index (χ0n) is 14.5. The standard InChI is InChI=1S/C19H14N2O6S/c20-16(22)7-28-19-21-17(10-1-3-12-14(5-10)25-8-23-12)18(27-19)11-2-4-13-15(6-11)26-9-24-13/h1-6H,7-9H2,(H2,20,22). The van der Waals surface area contributed by atoms with Crippen molar-refractivity contribution in [2.45, 2.75) is 5.22 Å². The van der Waals surface area contributed by atoms with Crippen molar-refractivity contribution in [3.05, 3.63) is 36.4 Å². The molecule has 3 heterocycles. The number of carbonyl (C=O) groups is 1. The van der Waals surface area contributed by atoms with E-state index in [1.165, 1.54) is 0 Å². The van der Waals surface area contributed by atoms with E-state index in [0.29, 0.717) is 39.7 Å². The summed E-state index contributed by atoms with van der Waals surface area (Å²) in [6.07, 6.45) is 0. The van der Waals surface area contributed by atoms with Gasteiger partial charge in [0.15, 0.2) is 28.8 Å². The fourth-order valence-electron chi connectivity index (χ4n) is 2.97. The molecule has 0 saturated heterocycles. The molecule has 28 heavy (non-hydrogen) atoms. The summed E-state index contributed by atoms with van der Waals surface area (Å²) in [5.41, 5.74) is 7.43. The van der Waals surface area contributed by atoms with Crippen LogP contribution in [0, 0.1) is 0 Å². The molecule has 2 aliphatic rings. The predicted octanol–water partition coefficient (Wildman–Crippen LogP) is 3.04. The Balaban J connectivity index is 1.59. The van der Waals surface area contributed by atoms with Gasteiger partial charge in [-0.05, 0) is 36.4 Å². The molecule has 0 spiro atoms. The third kappa shape index (κ3) is 2.99. The van der Waals surface area contributed by atoms with Crippen LogP contribution in [-0.2, 0) is 4.79 Å². The Morgan fingerprint density at radius 3 is 2.21 bits per heavy atom. The minimum absolute atomic E-state index is 0.0711. The molecule has 0 bridgehead atoms. The average Bonchev–Trinajstić information content (AvgIpc) is 3.43. The molecule has 2 N–H and O–H groups in total. The number of aromatic nitrogens is 1. The zero-order valence-corrected chi connectivity index (χ0v) is 15.3. The number of hydrogen-bond acceptors (Lipinski definition) is 8. The van der Waals surface area contributed by atoms with Gasteiger partial charge >= 0.3 is 0 Å². The van der Waals surface area contributed by atoms with Crippen molar-refractivity contribution < 1.29 is 28.2 Å². The van der Waals surface area contributed by atoms with Crippen molar-refractivity contribution in [2.75, 3.05) is 19.3 Å². The molecule has 0 radical (unpaired) electrons. The molecule has 1 aromatic heterocycles. The SMILES string of the molecule is NC(=O)CSc1nc(-c2ccc3c(c2)OCO3)c(-c2ccc3c(c2)OCO3)o1. The number of nitrogens with two attached hydrogens (primary N) is 1. The average molecular weight is 398 g/mol. The molecule has 0 atom stereocenters. The highest BCUT2D eigenvalue weighted by molar-refractivity contribution is 7.99. The zero-order chi connectivity index (χ0) is 19.1. The third-order valence-corrected chi connectivity index (χ3v) is 5.08. The maximum absolute atomic E-state index is 11.1. The Bertz CT molecular complexity index is 1010. The normalized spacial score (nSPS) is 13.7. The number of hydrogen-bond donors (Lipinski definition) is 1. The van der Waals surface area contributed by atoms with Gasteiger partial charge in [0.05, 0.1) is 5.75 Å². The third-order valence-electron chi connectivity index (χ3n) is 4.23. The number of carbonyl (C=O) groups excluding carboxylic acids is 1. The van der Waals surface area contributed by atoms with Gasteiger partial charge in [-0.3, -0.25) is 4.79 Å². The molecule has 5 rings (SSSR count). The molecule has 0 fully saturated rings. The molecule has 1 amide bonds.